The number of methoxy groups -OCH3 is 1. The van der Waals surface area contributed by atoms with E-state index in [2.05, 4.69) is 15.0 Å². The summed E-state index contributed by atoms with van der Waals surface area (Å²) in [6.07, 6.45) is 3.77. The SMILES string of the molecule is COC(=O)CC(C)NC1=NCCCC1. The smallest absolute Gasteiger partial charge is 0.307 e. The lowest BCUT2D eigenvalue weighted by Crippen LogP contribution is -2.35. The zero-order valence-electron chi connectivity index (χ0n) is 8.88. The summed E-state index contributed by atoms with van der Waals surface area (Å²) in [6.45, 7) is 2.88. The maximum Gasteiger partial charge on any atom is 0.307 e. The molecule has 0 spiro atoms. The first-order chi connectivity index (χ1) is 6.72. The van der Waals surface area contributed by atoms with Crippen LogP contribution in [0.4, 0.5) is 0 Å². The van der Waals surface area contributed by atoms with Gasteiger partial charge in [-0.25, -0.2) is 0 Å². The molecule has 0 aliphatic carbocycles. The number of esters is 1. The highest BCUT2D eigenvalue weighted by molar-refractivity contribution is 5.83. The molecule has 0 amide bonds. The summed E-state index contributed by atoms with van der Waals surface area (Å²) in [6, 6.07) is 0.110. The number of nitrogens with zero attached hydrogens (tertiary/aromatic N) is 1. The molecule has 80 valence electrons. The Labute approximate surface area is 84.7 Å². The van der Waals surface area contributed by atoms with Gasteiger partial charge in [0.05, 0.1) is 19.4 Å². The molecule has 0 aromatic heterocycles. The highest BCUT2D eigenvalue weighted by atomic mass is 16.5. The fourth-order valence-electron chi connectivity index (χ4n) is 1.48. The quantitative estimate of drug-likeness (QED) is 0.691. The Morgan fingerprint density at radius 2 is 2.43 bits per heavy atom. The minimum Gasteiger partial charge on any atom is -0.469 e. The van der Waals surface area contributed by atoms with Gasteiger partial charge in [-0.2, -0.15) is 0 Å². The number of hydrogen-bond donors (Lipinski definition) is 1. The number of rotatable bonds is 3. The van der Waals surface area contributed by atoms with Gasteiger partial charge >= 0.3 is 5.97 Å². The van der Waals surface area contributed by atoms with Crippen LogP contribution in [0.1, 0.15) is 32.6 Å². The molecular weight excluding hydrogens is 180 g/mol. The number of ether oxygens (including phenoxy) is 1. The first kappa shape index (κ1) is 11.0. The zero-order valence-corrected chi connectivity index (χ0v) is 8.88. The highest BCUT2D eigenvalue weighted by Gasteiger charge is 2.12. The zero-order chi connectivity index (χ0) is 10.4. The van der Waals surface area contributed by atoms with Gasteiger partial charge in [0.1, 0.15) is 0 Å². The van der Waals surface area contributed by atoms with Crippen molar-refractivity contribution in [2.24, 2.45) is 4.99 Å². The van der Waals surface area contributed by atoms with Crippen molar-refractivity contribution in [3.63, 3.8) is 0 Å². The molecule has 0 saturated heterocycles. The summed E-state index contributed by atoms with van der Waals surface area (Å²) in [7, 11) is 1.41. The minimum atomic E-state index is -0.179. The highest BCUT2D eigenvalue weighted by Crippen LogP contribution is 2.05. The van der Waals surface area contributed by atoms with Crippen molar-refractivity contribution in [2.75, 3.05) is 13.7 Å². The van der Waals surface area contributed by atoms with Crippen molar-refractivity contribution in [1.29, 1.82) is 0 Å². The molecule has 1 atom stereocenters. The first-order valence-corrected chi connectivity index (χ1v) is 5.09. The monoisotopic (exact) mass is 198 g/mol. The van der Waals surface area contributed by atoms with Crippen LogP contribution < -0.4 is 5.32 Å². The van der Waals surface area contributed by atoms with E-state index in [0.29, 0.717) is 6.42 Å². The predicted octanol–water partition coefficient (Wildman–Crippen LogP) is 1.11. The molecular formula is C10H18N2O2. The van der Waals surface area contributed by atoms with E-state index in [4.69, 9.17) is 0 Å². The molecule has 1 heterocycles. The Morgan fingerprint density at radius 1 is 1.64 bits per heavy atom. The third-order valence-electron chi connectivity index (χ3n) is 2.24. The molecule has 0 radical (unpaired) electrons. The second-order valence-corrected chi connectivity index (χ2v) is 3.61. The summed E-state index contributed by atoms with van der Waals surface area (Å²) in [5.41, 5.74) is 0. The topological polar surface area (TPSA) is 50.7 Å². The van der Waals surface area contributed by atoms with Crippen LogP contribution in [0.15, 0.2) is 4.99 Å². The molecule has 0 saturated carbocycles. The van der Waals surface area contributed by atoms with Crippen molar-refractivity contribution >= 4 is 11.8 Å². The maximum atomic E-state index is 11.0. The van der Waals surface area contributed by atoms with Crippen molar-refractivity contribution in [1.82, 2.24) is 5.32 Å². The van der Waals surface area contributed by atoms with E-state index in [1.54, 1.807) is 0 Å². The Balaban J connectivity index is 2.28. The van der Waals surface area contributed by atoms with Crippen molar-refractivity contribution in [3.8, 4) is 0 Å². The average Bonchev–Trinajstić information content (AvgIpc) is 2.19. The Kier molecular flexibility index (Phi) is 4.43. The van der Waals surface area contributed by atoms with Gasteiger partial charge in [0.25, 0.3) is 0 Å². The van der Waals surface area contributed by atoms with Crippen LogP contribution >= 0.6 is 0 Å². The van der Waals surface area contributed by atoms with Gasteiger partial charge in [0, 0.05) is 19.0 Å². The van der Waals surface area contributed by atoms with E-state index in [1.165, 1.54) is 20.0 Å². The second-order valence-electron chi connectivity index (χ2n) is 3.61. The van der Waals surface area contributed by atoms with Crippen LogP contribution in [0.2, 0.25) is 0 Å². The molecule has 14 heavy (non-hydrogen) atoms. The molecule has 0 bridgehead atoms. The van der Waals surface area contributed by atoms with Crippen LogP contribution in [0.3, 0.4) is 0 Å². The number of nitrogens with one attached hydrogen (secondary N) is 1. The first-order valence-electron chi connectivity index (χ1n) is 5.09. The second kappa shape index (κ2) is 5.62. The average molecular weight is 198 g/mol. The molecule has 0 aromatic carbocycles. The minimum absolute atomic E-state index is 0.110. The molecule has 4 heteroatoms. The lowest BCUT2D eigenvalue weighted by Gasteiger charge is -2.18. The molecule has 1 rings (SSSR count). The summed E-state index contributed by atoms with van der Waals surface area (Å²) >= 11 is 0. The van der Waals surface area contributed by atoms with Gasteiger partial charge < -0.3 is 10.1 Å². The standard InChI is InChI=1S/C10H18N2O2/c1-8(7-10(13)14-2)12-9-5-3-4-6-11-9/h8H,3-7H2,1-2H3,(H,11,12). The summed E-state index contributed by atoms with van der Waals surface area (Å²) < 4.78 is 4.59. The van der Waals surface area contributed by atoms with Crippen LogP contribution in [0.25, 0.3) is 0 Å². The van der Waals surface area contributed by atoms with Gasteiger partial charge in [-0.15, -0.1) is 0 Å². The third-order valence-corrected chi connectivity index (χ3v) is 2.24. The van der Waals surface area contributed by atoms with E-state index in [-0.39, 0.29) is 12.0 Å². The normalized spacial score (nSPS) is 18.3. The van der Waals surface area contributed by atoms with Crippen LogP contribution in [-0.2, 0) is 9.53 Å². The number of carbonyl (C=O) groups excluding carboxylic acids is 1. The molecule has 4 nitrogen and oxygen atoms in total. The number of amidine groups is 1. The van der Waals surface area contributed by atoms with Crippen LogP contribution in [0, 0.1) is 0 Å². The lowest BCUT2D eigenvalue weighted by molar-refractivity contribution is -0.141. The van der Waals surface area contributed by atoms with E-state index in [0.717, 1.165) is 18.8 Å². The molecule has 1 unspecified atom stereocenters. The maximum absolute atomic E-state index is 11.0. The van der Waals surface area contributed by atoms with Gasteiger partial charge in [0.2, 0.25) is 0 Å². The Morgan fingerprint density at radius 3 is 3.00 bits per heavy atom. The summed E-state index contributed by atoms with van der Waals surface area (Å²) in [5, 5.41) is 3.23. The molecule has 1 aliphatic rings. The lowest BCUT2D eigenvalue weighted by atomic mass is 10.1. The summed E-state index contributed by atoms with van der Waals surface area (Å²) in [4.78, 5) is 15.3. The number of carbonyl (C=O) groups is 1. The predicted molar refractivity (Wildman–Crippen MR) is 55.4 cm³/mol. The van der Waals surface area contributed by atoms with E-state index in [1.807, 2.05) is 6.92 Å². The number of hydrogen-bond acceptors (Lipinski definition) is 4. The largest absolute Gasteiger partial charge is 0.469 e. The van der Waals surface area contributed by atoms with E-state index in [9.17, 15) is 4.79 Å². The van der Waals surface area contributed by atoms with Gasteiger partial charge in [0.15, 0.2) is 0 Å². The molecule has 0 aromatic rings. The van der Waals surface area contributed by atoms with Crippen molar-refractivity contribution in [3.05, 3.63) is 0 Å². The fraction of sp³-hybridized carbons (Fsp3) is 0.800. The van der Waals surface area contributed by atoms with Gasteiger partial charge in [-0.1, -0.05) is 0 Å². The van der Waals surface area contributed by atoms with Gasteiger partial charge in [-0.05, 0) is 19.8 Å². The fourth-order valence-corrected chi connectivity index (χ4v) is 1.48. The molecule has 1 N–H and O–H groups in total. The Bertz CT molecular complexity index is 226. The Hall–Kier alpha value is -1.06. The van der Waals surface area contributed by atoms with Gasteiger partial charge in [-0.3, -0.25) is 9.79 Å². The van der Waals surface area contributed by atoms with Crippen LogP contribution in [0.5, 0.6) is 0 Å². The number of aliphatic imine (C=N–C) groups is 1. The molecule has 1 aliphatic heterocycles. The summed E-state index contributed by atoms with van der Waals surface area (Å²) in [5.74, 6) is 0.856. The van der Waals surface area contributed by atoms with E-state index >= 15 is 0 Å². The van der Waals surface area contributed by atoms with Crippen molar-refractivity contribution in [2.45, 2.75) is 38.6 Å². The molecule has 0 fully saturated rings. The van der Waals surface area contributed by atoms with Crippen molar-refractivity contribution < 1.29 is 9.53 Å². The van der Waals surface area contributed by atoms with Crippen LogP contribution in [-0.4, -0.2) is 31.5 Å². The third kappa shape index (κ3) is 3.77. The van der Waals surface area contributed by atoms with E-state index < -0.39 is 0 Å².